The number of benzene rings is 2. The molecule has 0 saturated carbocycles. The lowest BCUT2D eigenvalue weighted by molar-refractivity contribution is 0.0949. The molecule has 1 aromatic heterocycles. The molecule has 0 aliphatic rings. The molecular weight excluding hydrogens is 355 g/mol. The summed E-state index contributed by atoms with van der Waals surface area (Å²) >= 11 is 6.09. The lowest BCUT2D eigenvalue weighted by atomic mass is 10.1. The second-order valence-corrected chi connectivity index (χ2v) is 5.87. The highest BCUT2D eigenvalue weighted by molar-refractivity contribution is 6.33. The van der Waals surface area contributed by atoms with Crippen LogP contribution in [0.5, 0.6) is 0 Å². The van der Waals surface area contributed by atoms with Crippen LogP contribution >= 0.6 is 11.6 Å². The first-order valence-corrected chi connectivity index (χ1v) is 8.37. The van der Waals surface area contributed by atoms with Crippen molar-refractivity contribution in [2.45, 2.75) is 6.42 Å². The van der Waals surface area contributed by atoms with Gasteiger partial charge in [-0.25, -0.2) is 14.4 Å². The second kappa shape index (κ2) is 8.40. The molecule has 1 amide bonds. The summed E-state index contributed by atoms with van der Waals surface area (Å²) in [5, 5.41) is 6.22. The number of rotatable bonds is 6. The zero-order valence-electron chi connectivity index (χ0n) is 13.7. The van der Waals surface area contributed by atoms with Gasteiger partial charge in [0.25, 0.3) is 5.91 Å². The number of carbonyl (C=O) groups is 1. The smallest absolute Gasteiger partial charge is 0.270 e. The molecule has 132 valence electrons. The number of carbonyl (C=O) groups excluding carboxylic acids is 1. The second-order valence-electron chi connectivity index (χ2n) is 5.47. The lowest BCUT2D eigenvalue weighted by Gasteiger charge is -2.08. The van der Waals surface area contributed by atoms with Crippen LogP contribution in [-0.4, -0.2) is 22.4 Å². The minimum Gasteiger partial charge on any atom is -0.350 e. The van der Waals surface area contributed by atoms with E-state index in [1.807, 2.05) is 12.1 Å². The highest BCUT2D eigenvalue weighted by Gasteiger charge is 2.10. The van der Waals surface area contributed by atoms with Crippen molar-refractivity contribution in [1.82, 2.24) is 15.3 Å². The summed E-state index contributed by atoms with van der Waals surface area (Å²) in [4.78, 5) is 20.5. The van der Waals surface area contributed by atoms with Crippen LogP contribution in [0.15, 0.2) is 60.8 Å². The molecule has 3 aromatic rings. The van der Waals surface area contributed by atoms with Crippen LogP contribution in [0.1, 0.15) is 16.1 Å². The van der Waals surface area contributed by atoms with Gasteiger partial charge in [0.15, 0.2) is 0 Å². The fraction of sp³-hybridized carbons (Fsp3) is 0.105. The maximum atomic E-state index is 13.6. The minimum atomic E-state index is -0.356. The van der Waals surface area contributed by atoms with E-state index in [0.29, 0.717) is 29.2 Å². The fourth-order valence-electron chi connectivity index (χ4n) is 2.33. The molecule has 2 N–H and O–H groups in total. The van der Waals surface area contributed by atoms with Crippen molar-refractivity contribution in [3.05, 3.63) is 82.9 Å². The summed E-state index contributed by atoms with van der Waals surface area (Å²) < 4.78 is 13.6. The summed E-state index contributed by atoms with van der Waals surface area (Å²) in [5.41, 5.74) is 1.41. The number of hydrogen-bond donors (Lipinski definition) is 2. The summed E-state index contributed by atoms with van der Waals surface area (Å²) in [7, 11) is 0. The molecule has 0 aliphatic carbocycles. The average Bonchev–Trinajstić information content (AvgIpc) is 2.65. The predicted octanol–water partition coefficient (Wildman–Crippen LogP) is 3.99. The Morgan fingerprint density at radius 1 is 1.08 bits per heavy atom. The van der Waals surface area contributed by atoms with Crippen molar-refractivity contribution in [1.29, 1.82) is 0 Å². The molecule has 3 rings (SSSR count). The van der Waals surface area contributed by atoms with Crippen LogP contribution in [0.3, 0.4) is 0 Å². The van der Waals surface area contributed by atoms with Crippen molar-refractivity contribution in [2.75, 3.05) is 11.9 Å². The molecule has 0 bridgehead atoms. The van der Waals surface area contributed by atoms with E-state index in [9.17, 15) is 9.18 Å². The highest BCUT2D eigenvalue weighted by Crippen LogP contribution is 2.22. The van der Waals surface area contributed by atoms with E-state index >= 15 is 0 Å². The first kappa shape index (κ1) is 17.8. The van der Waals surface area contributed by atoms with Crippen molar-refractivity contribution in [3.63, 3.8) is 0 Å². The highest BCUT2D eigenvalue weighted by atomic mass is 35.5. The zero-order chi connectivity index (χ0) is 18.4. The molecule has 26 heavy (non-hydrogen) atoms. The van der Waals surface area contributed by atoms with Crippen molar-refractivity contribution >= 4 is 29.1 Å². The molecule has 1 heterocycles. The number of nitrogens with zero attached hydrogens (tertiary/aromatic N) is 2. The molecule has 0 aliphatic heterocycles. The Kier molecular flexibility index (Phi) is 5.76. The van der Waals surface area contributed by atoms with Gasteiger partial charge in [-0.1, -0.05) is 41.9 Å². The standard InChI is InChI=1S/C19H16ClFN4O/c20-14-6-2-4-8-16(14)24-19-23-12-10-17(25-19)18(26)22-11-9-13-5-1-3-7-15(13)21/h1-8,10,12H,9,11H2,(H,22,26)(H,23,24,25). The van der Waals surface area contributed by atoms with Gasteiger partial charge >= 0.3 is 0 Å². The first-order valence-electron chi connectivity index (χ1n) is 7.99. The molecule has 0 unspecified atom stereocenters. The molecule has 0 radical (unpaired) electrons. The van der Waals surface area contributed by atoms with E-state index < -0.39 is 0 Å². The third kappa shape index (κ3) is 4.55. The van der Waals surface area contributed by atoms with E-state index in [1.54, 1.807) is 30.3 Å². The van der Waals surface area contributed by atoms with Crippen LogP contribution in [0.2, 0.25) is 5.02 Å². The SMILES string of the molecule is O=C(NCCc1ccccc1F)c1ccnc(Nc2ccccc2Cl)n1. The Bertz CT molecular complexity index is 919. The van der Waals surface area contributed by atoms with Gasteiger partial charge in [0.05, 0.1) is 10.7 Å². The Morgan fingerprint density at radius 3 is 2.65 bits per heavy atom. The first-order chi connectivity index (χ1) is 12.6. The number of amides is 1. The maximum absolute atomic E-state index is 13.6. The summed E-state index contributed by atoms with van der Waals surface area (Å²) in [6.45, 7) is 0.303. The Morgan fingerprint density at radius 2 is 1.85 bits per heavy atom. The number of anilines is 2. The minimum absolute atomic E-state index is 0.211. The number of nitrogens with one attached hydrogen (secondary N) is 2. The fourth-order valence-corrected chi connectivity index (χ4v) is 2.51. The molecule has 0 saturated heterocycles. The molecule has 7 heteroatoms. The van der Waals surface area contributed by atoms with Crippen LogP contribution in [-0.2, 0) is 6.42 Å². The van der Waals surface area contributed by atoms with Crippen molar-refractivity contribution < 1.29 is 9.18 Å². The maximum Gasteiger partial charge on any atom is 0.270 e. The van der Waals surface area contributed by atoms with Gasteiger partial charge in [-0.15, -0.1) is 0 Å². The van der Waals surface area contributed by atoms with Crippen molar-refractivity contribution in [2.24, 2.45) is 0 Å². The van der Waals surface area contributed by atoms with Crippen molar-refractivity contribution in [3.8, 4) is 0 Å². The molecular formula is C19H16ClFN4O. The topological polar surface area (TPSA) is 66.9 Å². The van der Waals surface area contributed by atoms with Gasteiger partial charge in [0.2, 0.25) is 5.95 Å². The molecule has 0 fully saturated rings. The van der Waals surface area contributed by atoms with Crippen LogP contribution in [0, 0.1) is 5.82 Å². The quantitative estimate of drug-likeness (QED) is 0.688. The third-order valence-corrected chi connectivity index (χ3v) is 3.98. The largest absolute Gasteiger partial charge is 0.350 e. The average molecular weight is 371 g/mol. The summed E-state index contributed by atoms with van der Waals surface area (Å²) in [5.74, 6) is -0.374. The normalized spacial score (nSPS) is 10.4. The number of aromatic nitrogens is 2. The van der Waals surface area contributed by atoms with Gasteiger partial charge in [0, 0.05) is 12.7 Å². The molecule has 5 nitrogen and oxygen atoms in total. The van der Waals surface area contributed by atoms with E-state index in [2.05, 4.69) is 20.6 Å². The van der Waals surface area contributed by atoms with E-state index in [1.165, 1.54) is 18.3 Å². The van der Waals surface area contributed by atoms with Gasteiger partial charge in [-0.05, 0) is 36.2 Å². The number of halogens is 2. The third-order valence-electron chi connectivity index (χ3n) is 3.65. The van der Waals surface area contributed by atoms with Gasteiger partial charge in [-0.2, -0.15) is 0 Å². The number of para-hydroxylation sites is 1. The summed E-state index contributed by atoms with van der Waals surface area (Å²) in [6.07, 6.45) is 1.88. The Hall–Kier alpha value is -2.99. The van der Waals surface area contributed by atoms with Gasteiger partial charge < -0.3 is 10.6 Å². The zero-order valence-corrected chi connectivity index (χ0v) is 14.5. The van der Waals surface area contributed by atoms with Crippen LogP contribution in [0.25, 0.3) is 0 Å². The van der Waals surface area contributed by atoms with Gasteiger partial charge in [-0.3, -0.25) is 4.79 Å². The number of hydrogen-bond acceptors (Lipinski definition) is 4. The van der Waals surface area contributed by atoms with Crippen LogP contribution in [0.4, 0.5) is 16.0 Å². The predicted molar refractivity (Wildman–Crippen MR) is 99.2 cm³/mol. The lowest BCUT2D eigenvalue weighted by Crippen LogP contribution is -2.27. The molecule has 0 atom stereocenters. The Labute approximate surface area is 155 Å². The van der Waals surface area contributed by atoms with E-state index in [4.69, 9.17) is 11.6 Å². The van der Waals surface area contributed by atoms with E-state index in [-0.39, 0.29) is 23.4 Å². The molecule has 2 aromatic carbocycles. The molecule has 0 spiro atoms. The van der Waals surface area contributed by atoms with Crippen LogP contribution < -0.4 is 10.6 Å². The Balaban J connectivity index is 1.61. The van der Waals surface area contributed by atoms with Gasteiger partial charge in [0.1, 0.15) is 11.5 Å². The monoisotopic (exact) mass is 370 g/mol. The van der Waals surface area contributed by atoms with E-state index in [0.717, 1.165) is 0 Å². The summed E-state index contributed by atoms with van der Waals surface area (Å²) in [6, 6.07) is 15.2.